The van der Waals surface area contributed by atoms with Gasteiger partial charge in [0.05, 0.1) is 6.20 Å². The van der Waals surface area contributed by atoms with Gasteiger partial charge in [0.15, 0.2) is 5.78 Å². The molecule has 1 aromatic rings. The summed E-state index contributed by atoms with van der Waals surface area (Å²) in [5, 5.41) is 7.67. The van der Waals surface area contributed by atoms with Crippen molar-refractivity contribution in [2.75, 3.05) is 6.54 Å². The van der Waals surface area contributed by atoms with Gasteiger partial charge < -0.3 is 5.73 Å². The zero-order valence-electron chi connectivity index (χ0n) is 10.0. The second-order valence-electron chi connectivity index (χ2n) is 4.15. The van der Waals surface area contributed by atoms with Crippen LogP contribution in [0.2, 0.25) is 0 Å². The summed E-state index contributed by atoms with van der Waals surface area (Å²) in [5.74, 6) is 0.498. The molecule has 0 amide bonds. The summed E-state index contributed by atoms with van der Waals surface area (Å²) in [7, 11) is 0. The maximum atomic E-state index is 11.9. The second kappa shape index (κ2) is 6.37. The lowest BCUT2D eigenvalue weighted by atomic mass is 10.0. The highest BCUT2D eigenvalue weighted by Crippen LogP contribution is 2.09. The lowest BCUT2D eigenvalue weighted by molar-refractivity contribution is 0.0964. The zero-order chi connectivity index (χ0) is 12.0. The third-order valence-electron chi connectivity index (χ3n) is 2.61. The minimum atomic E-state index is 0.110. The van der Waals surface area contributed by atoms with E-state index in [-0.39, 0.29) is 5.78 Å². The van der Waals surface area contributed by atoms with Crippen LogP contribution in [-0.4, -0.2) is 27.3 Å². The number of Topliss-reactive ketones (excluding diaryl/α,β-unsaturated/α-hetero) is 1. The molecule has 5 heteroatoms. The molecule has 0 saturated carbocycles. The largest absolute Gasteiger partial charge is 0.330 e. The number of hydrogen-bond donors (Lipinski definition) is 1. The first-order chi connectivity index (χ1) is 7.69. The molecule has 5 nitrogen and oxygen atoms in total. The Morgan fingerprint density at radius 3 is 3.00 bits per heavy atom. The first-order valence-electron chi connectivity index (χ1n) is 5.80. The fourth-order valence-corrected chi connectivity index (χ4v) is 1.47. The maximum Gasteiger partial charge on any atom is 0.182 e. The highest BCUT2D eigenvalue weighted by molar-refractivity contribution is 5.94. The molecule has 0 fully saturated rings. The van der Waals surface area contributed by atoms with Gasteiger partial charge in [0.1, 0.15) is 5.69 Å². The van der Waals surface area contributed by atoms with Crippen molar-refractivity contribution in [3.8, 4) is 0 Å². The monoisotopic (exact) mass is 224 g/mol. The Balaban J connectivity index is 2.55. The molecule has 1 unspecified atom stereocenters. The average molecular weight is 224 g/mol. The molecule has 0 aromatic carbocycles. The van der Waals surface area contributed by atoms with E-state index in [2.05, 4.69) is 17.2 Å². The summed E-state index contributed by atoms with van der Waals surface area (Å²) in [5.41, 5.74) is 6.13. The maximum absolute atomic E-state index is 11.9. The number of ketones is 1. The van der Waals surface area contributed by atoms with Gasteiger partial charge in [-0.15, -0.1) is 5.10 Å². The van der Waals surface area contributed by atoms with Gasteiger partial charge in [0, 0.05) is 13.0 Å². The van der Waals surface area contributed by atoms with Crippen molar-refractivity contribution in [3.63, 3.8) is 0 Å². The van der Waals surface area contributed by atoms with Crippen LogP contribution in [0.1, 0.15) is 43.6 Å². The Hall–Kier alpha value is -1.23. The number of rotatable bonds is 7. The van der Waals surface area contributed by atoms with Crippen molar-refractivity contribution in [1.29, 1.82) is 0 Å². The summed E-state index contributed by atoms with van der Waals surface area (Å²) in [6, 6.07) is 0. The van der Waals surface area contributed by atoms with Crippen LogP contribution in [0.4, 0.5) is 0 Å². The highest BCUT2D eigenvalue weighted by atomic mass is 16.1. The molecule has 1 heterocycles. The van der Waals surface area contributed by atoms with Crippen LogP contribution >= 0.6 is 0 Å². The van der Waals surface area contributed by atoms with E-state index in [9.17, 15) is 4.79 Å². The van der Waals surface area contributed by atoms with E-state index in [0.29, 0.717) is 24.6 Å². The number of nitrogens with zero attached hydrogens (tertiary/aromatic N) is 3. The molecule has 0 aliphatic rings. The molecule has 0 radical (unpaired) electrons. The van der Waals surface area contributed by atoms with Crippen LogP contribution in [0.15, 0.2) is 6.20 Å². The highest BCUT2D eigenvalue weighted by Gasteiger charge is 2.13. The number of hydrogen-bond acceptors (Lipinski definition) is 4. The van der Waals surface area contributed by atoms with Gasteiger partial charge in [0.25, 0.3) is 0 Å². The molecular weight excluding hydrogens is 204 g/mol. The Labute approximate surface area is 96.0 Å². The number of aryl methyl sites for hydroxylation is 1. The minimum absolute atomic E-state index is 0.110. The molecule has 0 bridgehead atoms. The summed E-state index contributed by atoms with van der Waals surface area (Å²) >= 11 is 0. The third kappa shape index (κ3) is 3.41. The van der Waals surface area contributed by atoms with Crippen LogP contribution in [-0.2, 0) is 6.54 Å². The topological polar surface area (TPSA) is 73.8 Å². The van der Waals surface area contributed by atoms with Crippen molar-refractivity contribution < 1.29 is 4.79 Å². The van der Waals surface area contributed by atoms with E-state index >= 15 is 0 Å². The van der Waals surface area contributed by atoms with Crippen LogP contribution in [0, 0.1) is 5.92 Å². The van der Waals surface area contributed by atoms with E-state index in [0.717, 1.165) is 19.4 Å². The lowest BCUT2D eigenvalue weighted by Crippen LogP contribution is -2.14. The molecule has 0 aliphatic heterocycles. The summed E-state index contributed by atoms with van der Waals surface area (Å²) in [4.78, 5) is 11.9. The number of nitrogens with two attached hydrogens (primary N) is 1. The van der Waals surface area contributed by atoms with E-state index in [1.165, 1.54) is 0 Å². The fourth-order valence-electron chi connectivity index (χ4n) is 1.47. The molecule has 2 N–H and O–H groups in total. The van der Waals surface area contributed by atoms with Gasteiger partial charge in [-0.2, -0.15) is 0 Å². The van der Waals surface area contributed by atoms with Crippen LogP contribution in [0.5, 0.6) is 0 Å². The zero-order valence-corrected chi connectivity index (χ0v) is 10.0. The van der Waals surface area contributed by atoms with Crippen molar-refractivity contribution in [1.82, 2.24) is 15.0 Å². The summed E-state index contributed by atoms with van der Waals surface area (Å²) in [6.45, 7) is 5.47. The minimum Gasteiger partial charge on any atom is -0.330 e. The Morgan fingerprint density at radius 2 is 2.38 bits per heavy atom. The molecule has 0 spiro atoms. The van der Waals surface area contributed by atoms with Gasteiger partial charge in [0.2, 0.25) is 0 Å². The van der Waals surface area contributed by atoms with Gasteiger partial charge in [-0.05, 0) is 25.3 Å². The second-order valence-corrected chi connectivity index (χ2v) is 4.15. The number of aromatic nitrogens is 3. The average Bonchev–Trinajstić information content (AvgIpc) is 2.74. The van der Waals surface area contributed by atoms with E-state index < -0.39 is 0 Å². The van der Waals surface area contributed by atoms with Gasteiger partial charge in [-0.25, -0.2) is 4.68 Å². The van der Waals surface area contributed by atoms with E-state index in [4.69, 9.17) is 5.73 Å². The predicted molar refractivity (Wildman–Crippen MR) is 62.1 cm³/mol. The first-order valence-corrected chi connectivity index (χ1v) is 5.80. The van der Waals surface area contributed by atoms with Crippen molar-refractivity contribution in [2.45, 2.75) is 39.7 Å². The number of carbonyl (C=O) groups is 1. The Morgan fingerprint density at radius 1 is 1.62 bits per heavy atom. The molecule has 90 valence electrons. The van der Waals surface area contributed by atoms with Crippen molar-refractivity contribution >= 4 is 5.78 Å². The van der Waals surface area contributed by atoms with Gasteiger partial charge >= 0.3 is 0 Å². The molecule has 1 rings (SSSR count). The predicted octanol–water partition coefficient (Wildman–Crippen LogP) is 1.25. The molecular formula is C11H20N4O. The standard InChI is InChI=1S/C11H20N4O/c1-3-6-15-10(8-13-14-15)11(16)5-4-9(2)7-12/h8-9H,3-7,12H2,1-2H3. The Kier molecular flexibility index (Phi) is 5.11. The van der Waals surface area contributed by atoms with Gasteiger partial charge in [-0.1, -0.05) is 19.1 Å². The molecule has 1 atom stereocenters. The molecule has 0 saturated heterocycles. The van der Waals surface area contributed by atoms with Crippen LogP contribution in [0.3, 0.4) is 0 Å². The van der Waals surface area contributed by atoms with Crippen molar-refractivity contribution in [3.05, 3.63) is 11.9 Å². The quantitative estimate of drug-likeness (QED) is 0.707. The SMILES string of the molecule is CCCn1nncc1C(=O)CCC(C)CN. The van der Waals surface area contributed by atoms with Crippen LogP contribution in [0.25, 0.3) is 0 Å². The normalized spacial score (nSPS) is 12.7. The molecule has 16 heavy (non-hydrogen) atoms. The van der Waals surface area contributed by atoms with Crippen molar-refractivity contribution in [2.24, 2.45) is 11.7 Å². The lowest BCUT2D eigenvalue weighted by Gasteiger charge is -2.07. The molecule has 1 aromatic heterocycles. The van der Waals surface area contributed by atoms with Crippen LogP contribution < -0.4 is 5.73 Å². The van der Waals surface area contributed by atoms with E-state index in [1.807, 2.05) is 6.92 Å². The van der Waals surface area contributed by atoms with Gasteiger partial charge in [-0.3, -0.25) is 4.79 Å². The van der Waals surface area contributed by atoms with E-state index in [1.54, 1.807) is 10.9 Å². The first kappa shape index (κ1) is 12.8. The number of carbonyl (C=O) groups excluding carboxylic acids is 1. The fraction of sp³-hybridized carbons (Fsp3) is 0.727. The molecule has 0 aliphatic carbocycles. The summed E-state index contributed by atoms with van der Waals surface area (Å²) in [6.07, 6.45) is 3.84. The Bertz CT molecular complexity index is 334. The third-order valence-corrected chi connectivity index (χ3v) is 2.61. The summed E-state index contributed by atoms with van der Waals surface area (Å²) < 4.78 is 1.68. The smallest absolute Gasteiger partial charge is 0.182 e.